The third-order valence-electron chi connectivity index (χ3n) is 2.08. The van der Waals surface area contributed by atoms with Crippen LogP contribution in [0.15, 0.2) is 23.8 Å². The summed E-state index contributed by atoms with van der Waals surface area (Å²) in [6.07, 6.45) is 1.10. The average molecular weight is 242 g/mol. The summed E-state index contributed by atoms with van der Waals surface area (Å²) in [5.41, 5.74) is -0.123. The predicted octanol–water partition coefficient (Wildman–Crippen LogP) is 4.24. The number of rotatable bonds is 3. The molecule has 0 atom stereocenters. The van der Waals surface area contributed by atoms with Gasteiger partial charge in [-0.25, -0.2) is 8.78 Å². The van der Waals surface area contributed by atoms with E-state index in [-0.39, 0.29) is 16.2 Å². The molecule has 0 aromatic heterocycles. The molecule has 0 heterocycles. The first-order chi connectivity index (χ1) is 7.61. The van der Waals surface area contributed by atoms with Crippen LogP contribution in [0.3, 0.4) is 0 Å². The van der Waals surface area contributed by atoms with Gasteiger partial charge in [0.05, 0.1) is 16.7 Å². The SMILES string of the molecule is CCCC(C#N)=C(Cl)c1c(F)cccc1F. The molecule has 0 unspecified atom stereocenters. The predicted molar refractivity (Wildman–Crippen MR) is 59.7 cm³/mol. The Balaban J connectivity index is 3.33. The molecule has 1 aromatic carbocycles. The van der Waals surface area contributed by atoms with E-state index in [2.05, 4.69) is 0 Å². The van der Waals surface area contributed by atoms with Crippen molar-refractivity contribution in [1.82, 2.24) is 0 Å². The minimum Gasteiger partial charge on any atom is -0.206 e. The Morgan fingerprint density at radius 3 is 2.38 bits per heavy atom. The largest absolute Gasteiger partial charge is 0.206 e. The van der Waals surface area contributed by atoms with Crippen LogP contribution >= 0.6 is 11.6 Å². The Labute approximate surface area is 98.0 Å². The highest BCUT2D eigenvalue weighted by Crippen LogP contribution is 2.29. The summed E-state index contributed by atoms with van der Waals surface area (Å²) in [6, 6.07) is 5.35. The highest BCUT2D eigenvalue weighted by atomic mass is 35.5. The molecule has 0 N–H and O–H groups in total. The summed E-state index contributed by atoms with van der Waals surface area (Å²) in [7, 11) is 0. The number of nitriles is 1. The van der Waals surface area contributed by atoms with E-state index in [1.807, 2.05) is 13.0 Å². The van der Waals surface area contributed by atoms with Crippen molar-refractivity contribution >= 4 is 16.6 Å². The fraction of sp³-hybridized carbons (Fsp3) is 0.250. The first kappa shape index (κ1) is 12.7. The summed E-state index contributed by atoms with van der Waals surface area (Å²) in [6.45, 7) is 1.86. The van der Waals surface area contributed by atoms with Gasteiger partial charge in [-0.05, 0) is 18.6 Å². The van der Waals surface area contributed by atoms with E-state index in [0.717, 1.165) is 12.1 Å². The molecular weight excluding hydrogens is 232 g/mol. The van der Waals surface area contributed by atoms with Crippen LogP contribution in [0, 0.1) is 23.0 Å². The molecule has 16 heavy (non-hydrogen) atoms. The number of nitrogens with zero attached hydrogens (tertiary/aromatic N) is 1. The number of allylic oxidation sites excluding steroid dienone is 1. The molecule has 84 valence electrons. The van der Waals surface area contributed by atoms with Crippen LogP contribution in [0.2, 0.25) is 0 Å². The van der Waals surface area contributed by atoms with Crippen molar-refractivity contribution < 1.29 is 8.78 Å². The molecule has 0 aliphatic rings. The van der Waals surface area contributed by atoms with Crippen LogP contribution in [0.5, 0.6) is 0 Å². The van der Waals surface area contributed by atoms with Gasteiger partial charge in [-0.2, -0.15) is 5.26 Å². The maximum Gasteiger partial charge on any atom is 0.134 e. The fourth-order valence-corrected chi connectivity index (χ4v) is 1.64. The number of hydrogen-bond acceptors (Lipinski definition) is 1. The maximum absolute atomic E-state index is 13.4. The van der Waals surface area contributed by atoms with Gasteiger partial charge < -0.3 is 0 Å². The monoisotopic (exact) mass is 241 g/mol. The van der Waals surface area contributed by atoms with Crippen LogP contribution in [0.1, 0.15) is 25.3 Å². The lowest BCUT2D eigenvalue weighted by Gasteiger charge is -2.05. The van der Waals surface area contributed by atoms with Gasteiger partial charge >= 0.3 is 0 Å². The zero-order chi connectivity index (χ0) is 12.1. The first-order valence-electron chi connectivity index (χ1n) is 4.85. The molecule has 0 aliphatic carbocycles. The Hall–Kier alpha value is -1.40. The van der Waals surface area contributed by atoms with Crippen LogP contribution < -0.4 is 0 Å². The topological polar surface area (TPSA) is 23.8 Å². The van der Waals surface area contributed by atoms with E-state index in [4.69, 9.17) is 16.9 Å². The van der Waals surface area contributed by atoms with Gasteiger partial charge in [-0.3, -0.25) is 0 Å². The second-order valence-electron chi connectivity index (χ2n) is 3.25. The Morgan fingerprint density at radius 1 is 1.38 bits per heavy atom. The molecule has 0 saturated heterocycles. The summed E-state index contributed by atoms with van der Waals surface area (Å²) in [4.78, 5) is 0. The third-order valence-corrected chi connectivity index (χ3v) is 2.50. The van der Waals surface area contributed by atoms with Crippen molar-refractivity contribution in [2.75, 3.05) is 0 Å². The van der Waals surface area contributed by atoms with Crippen LogP contribution in [-0.4, -0.2) is 0 Å². The first-order valence-corrected chi connectivity index (χ1v) is 5.22. The summed E-state index contributed by atoms with van der Waals surface area (Å²) < 4.78 is 26.7. The van der Waals surface area contributed by atoms with Gasteiger partial charge in [0.25, 0.3) is 0 Å². The van der Waals surface area contributed by atoms with E-state index in [9.17, 15) is 8.78 Å². The highest BCUT2D eigenvalue weighted by molar-refractivity contribution is 6.49. The molecule has 4 heteroatoms. The zero-order valence-corrected chi connectivity index (χ0v) is 9.48. The fourth-order valence-electron chi connectivity index (χ4n) is 1.32. The summed E-state index contributed by atoms with van der Waals surface area (Å²) in [5, 5.41) is 8.69. The van der Waals surface area contributed by atoms with E-state index < -0.39 is 11.6 Å². The molecule has 0 spiro atoms. The molecule has 1 rings (SSSR count). The van der Waals surface area contributed by atoms with Crippen molar-refractivity contribution in [2.24, 2.45) is 0 Å². The van der Waals surface area contributed by atoms with Crippen LogP contribution in [-0.2, 0) is 0 Å². The number of benzene rings is 1. The Kier molecular flexibility index (Phi) is 4.45. The molecule has 0 saturated carbocycles. The van der Waals surface area contributed by atoms with Crippen molar-refractivity contribution in [1.29, 1.82) is 5.26 Å². The normalized spacial score (nSPS) is 11.9. The highest BCUT2D eigenvalue weighted by Gasteiger charge is 2.15. The standard InChI is InChI=1S/C12H10ClF2N/c1-2-4-8(7-16)12(13)11-9(14)5-3-6-10(11)15/h3,5-6H,2,4H2,1H3. The lowest BCUT2D eigenvalue weighted by molar-refractivity contribution is 0.578. The average Bonchev–Trinajstić information content (AvgIpc) is 2.25. The van der Waals surface area contributed by atoms with Gasteiger partial charge in [0.15, 0.2) is 0 Å². The van der Waals surface area contributed by atoms with E-state index in [0.29, 0.717) is 12.8 Å². The summed E-state index contributed by atoms with van der Waals surface area (Å²) in [5.74, 6) is -1.51. The lowest BCUT2D eigenvalue weighted by atomic mass is 10.1. The van der Waals surface area contributed by atoms with E-state index >= 15 is 0 Å². The Morgan fingerprint density at radius 2 is 1.94 bits per heavy atom. The van der Waals surface area contributed by atoms with Gasteiger partial charge in [-0.1, -0.05) is 31.0 Å². The van der Waals surface area contributed by atoms with Gasteiger partial charge in [0.2, 0.25) is 0 Å². The van der Waals surface area contributed by atoms with Crippen molar-refractivity contribution in [3.8, 4) is 6.07 Å². The Bertz CT molecular complexity index is 440. The maximum atomic E-state index is 13.4. The molecule has 0 fully saturated rings. The molecule has 0 aliphatic heterocycles. The minimum atomic E-state index is -0.756. The lowest BCUT2D eigenvalue weighted by Crippen LogP contribution is -1.94. The van der Waals surface area contributed by atoms with E-state index in [1.54, 1.807) is 0 Å². The minimum absolute atomic E-state index is 0.139. The summed E-state index contributed by atoms with van der Waals surface area (Å²) >= 11 is 5.84. The zero-order valence-electron chi connectivity index (χ0n) is 8.73. The third kappa shape index (κ3) is 2.59. The van der Waals surface area contributed by atoms with Crippen LogP contribution in [0.4, 0.5) is 8.78 Å². The van der Waals surface area contributed by atoms with Crippen molar-refractivity contribution in [3.05, 3.63) is 41.0 Å². The molecular formula is C12H10ClF2N. The molecule has 0 radical (unpaired) electrons. The second-order valence-corrected chi connectivity index (χ2v) is 3.63. The molecule has 1 aromatic rings. The van der Waals surface area contributed by atoms with Crippen molar-refractivity contribution in [3.63, 3.8) is 0 Å². The molecule has 0 bridgehead atoms. The molecule has 1 nitrogen and oxygen atoms in total. The molecule has 0 amide bonds. The smallest absolute Gasteiger partial charge is 0.134 e. The quantitative estimate of drug-likeness (QED) is 0.726. The van der Waals surface area contributed by atoms with Crippen molar-refractivity contribution in [2.45, 2.75) is 19.8 Å². The number of halogens is 3. The number of hydrogen-bond donors (Lipinski definition) is 0. The van der Waals surface area contributed by atoms with Gasteiger partial charge in [-0.15, -0.1) is 0 Å². The van der Waals surface area contributed by atoms with E-state index in [1.165, 1.54) is 6.07 Å². The van der Waals surface area contributed by atoms with Gasteiger partial charge in [0, 0.05) is 5.57 Å². The van der Waals surface area contributed by atoms with Crippen LogP contribution in [0.25, 0.3) is 5.03 Å². The van der Waals surface area contributed by atoms with Gasteiger partial charge in [0.1, 0.15) is 11.6 Å². The second kappa shape index (κ2) is 5.62.